The Labute approximate surface area is 87.2 Å². The Balaban J connectivity index is 3.56. The summed E-state index contributed by atoms with van der Waals surface area (Å²) in [5.41, 5.74) is 2.67. The van der Waals surface area contributed by atoms with E-state index < -0.39 is 4.92 Å². The van der Waals surface area contributed by atoms with Gasteiger partial charge in [0.05, 0.1) is 11.1 Å². The third-order valence-electron chi connectivity index (χ3n) is 2.36. The third kappa shape index (κ3) is 1.96. The normalized spacial score (nSPS) is 10.9. The molecule has 0 radical (unpaired) electrons. The van der Waals surface area contributed by atoms with E-state index in [0.717, 1.165) is 5.56 Å². The van der Waals surface area contributed by atoms with Gasteiger partial charge >= 0.3 is 0 Å². The molecule has 1 aromatic rings. The van der Waals surface area contributed by atoms with Crippen LogP contribution in [0.3, 0.4) is 0 Å². The number of aryl methyl sites for hydroxylation is 2. The number of benzene rings is 1. The minimum Gasteiger partial charge on any atom is -0.411 e. The van der Waals surface area contributed by atoms with E-state index in [1.54, 1.807) is 19.9 Å². The van der Waals surface area contributed by atoms with Crippen molar-refractivity contribution >= 4 is 11.9 Å². The Morgan fingerprint density at radius 1 is 1.40 bits per heavy atom. The minimum absolute atomic E-state index is 0.0792. The van der Waals surface area contributed by atoms with Crippen LogP contribution in [-0.4, -0.2) is 16.3 Å². The van der Waals surface area contributed by atoms with E-state index >= 15 is 0 Å². The predicted molar refractivity (Wildman–Crippen MR) is 56.7 cm³/mol. The van der Waals surface area contributed by atoms with Crippen LogP contribution in [0.2, 0.25) is 0 Å². The molecular weight excluding hydrogens is 196 g/mol. The first-order valence-corrected chi connectivity index (χ1v) is 4.41. The van der Waals surface area contributed by atoms with Gasteiger partial charge in [-0.05, 0) is 32.4 Å². The number of rotatable bonds is 2. The van der Waals surface area contributed by atoms with Gasteiger partial charge in [-0.25, -0.2) is 0 Å². The summed E-state index contributed by atoms with van der Waals surface area (Å²) >= 11 is 0. The van der Waals surface area contributed by atoms with Crippen molar-refractivity contribution in [2.45, 2.75) is 20.8 Å². The van der Waals surface area contributed by atoms with Crippen LogP contribution in [0.4, 0.5) is 5.69 Å². The van der Waals surface area contributed by atoms with Gasteiger partial charge in [-0.1, -0.05) is 5.16 Å². The Hall–Kier alpha value is -1.91. The number of hydrogen-bond donors (Lipinski definition) is 1. The molecule has 0 fully saturated rings. The van der Waals surface area contributed by atoms with Crippen molar-refractivity contribution in [3.63, 3.8) is 0 Å². The molecule has 0 saturated carbocycles. The van der Waals surface area contributed by atoms with E-state index in [9.17, 15) is 10.1 Å². The molecule has 0 saturated heterocycles. The van der Waals surface area contributed by atoms with E-state index in [4.69, 9.17) is 5.21 Å². The van der Waals surface area contributed by atoms with Crippen molar-refractivity contribution in [2.24, 2.45) is 5.16 Å². The van der Waals surface area contributed by atoms with Gasteiger partial charge in [0, 0.05) is 16.7 Å². The standard InChI is InChI=1S/C10H12N2O3/c1-6-4-7(2)10(12(14)15)8(3)9(6)5-11-13/h4-5,13H,1-3H3. The third-order valence-corrected chi connectivity index (χ3v) is 2.36. The lowest BCUT2D eigenvalue weighted by Crippen LogP contribution is -2.01. The summed E-state index contributed by atoms with van der Waals surface area (Å²) in [7, 11) is 0. The smallest absolute Gasteiger partial charge is 0.275 e. The lowest BCUT2D eigenvalue weighted by atomic mass is 9.98. The Kier molecular flexibility index (Phi) is 3.04. The van der Waals surface area contributed by atoms with Crippen molar-refractivity contribution in [1.82, 2.24) is 0 Å². The maximum atomic E-state index is 10.8. The molecule has 0 aliphatic heterocycles. The summed E-state index contributed by atoms with van der Waals surface area (Å²) in [5, 5.41) is 22.2. The zero-order chi connectivity index (χ0) is 11.6. The first-order valence-electron chi connectivity index (χ1n) is 4.41. The van der Waals surface area contributed by atoms with Crippen molar-refractivity contribution < 1.29 is 10.1 Å². The van der Waals surface area contributed by atoms with Crippen LogP contribution in [0.25, 0.3) is 0 Å². The quantitative estimate of drug-likeness (QED) is 0.350. The summed E-state index contributed by atoms with van der Waals surface area (Å²) in [5.74, 6) is 0. The maximum absolute atomic E-state index is 10.8. The molecule has 0 aromatic heterocycles. The highest BCUT2D eigenvalue weighted by molar-refractivity contribution is 5.85. The summed E-state index contributed by atoms with van der Waals surface area (Å²) in [6.45, 7) is 5.16. The van der Waals surface area contributed by atoms with Gasteiger partial charge in [0.2, 0.25) is 0 Å². The highest BCUT2D eigenvalue weighted by Gasteiger charge is 2.18. The van der Waals surface area contributed by atoms with Gasteiger partial charge in [-0.15, -0.1) is 0 Å². The lowest BCUT2D eigenvalue weighted by molar-refractivity contribution is -0.386. The number of hydrogen-bond acceptors (Lipinski definition) is 4. The fraction of sp³-hybridized carbons (Fsp3) is 0.300. The molecule has 0 atom stereocenters. The highest BCUT2D eigenvalue weighted by Crippen LogP contribution is 2.27. The van der Waals surface area contributed by atoms with Crippen molar-refractivity contribution in [3.8, 4) is 0 Å². The molecule has 1 aromatic carbocycles. The van der Waals surface area contributed by atoms with E-state index in [1.807, 2.05) is 6.92 Å². The molecule has 5 heteroatoms. The second-order valence-corrected chi connectivity index (χ2v) is 3.40. The van der Waals surface area contributed by atoms with Crippen molar-refractivity contribution in [3.05, 3.63) is 38.4 Å². The van der Waals surface area contributed by atoms with Gasteiger partial charge in [-0.3, -0.25) is 10.1 Å². The van der Waals surface area contributed by atoms with Gasteiger partial charge in [0.15, 0.2) is 0 Å². The van der Waals surface area contributed by atoms with Crippen molar-refractivity contribution in [1.29, 1.82) is 0 Å². The molecular formula is C10H12N2O3. The average molecular weight is 208 g/mol. The van der Waals surface area contributed by atoms with E-state index in [0.29, 0.717) is 16.7 Å². The molecule has 1 N–H and O–H groups in total. The molecule has 1 rings (SSSR count). The van der Waals surface area contributed by atoms with Gasteiger partial charge < -0.3 is 5.21 Å². The molecule has 0 heterocycles. The minimum atomic E-state index is -0.418. The second-order valence-electron chi connectivity index (χ2n) is 3.40. The SMILES string of the molecule is Cc1cc(C)c([N+](=O)[O-])c(C)c1C=NO. The number of oxime groups is 1. The molecule has 0 unspecified atom stereocenters. The molecule has 80 valence electrons. The van der Waals surface area contributed by atoms with E-state index in [1.165, 1.54) is 6.21 Å². The summed E-state index contributed by atoms with van der Waals surface area (Å²) < 4.78 is 0. The van der Waals surface area contributed by atoms with Crippen LogP contribution < -0.4 is 0 Å². The van der Waals surface area contributed by atoms with Crippen LogP contribution in [0.5, 0.6) is 0 Å². The Bertz CT molecular complexity index is 439. The lowest BCUT2D eigenvalue weighted by Gasteiger charge is -2.07. The van der Waals surface area contributed by atoms with Gasteiger partial charge in [0.1, 0.15) is 0 Å². The fourth-order valence-electron chi connectivity index (χ4n) is 1.73. The molecule has 0 spiro atoms. The van der Waals surface area contributed by atoms with Gasteiger partial charge in [-0.2, -0.15) is 0 Å². The molecule has 0 bridgehead atoms. The Morgan fingerprint density at radius 2 is 2.00 bits per heavy atom. The molecule has 0 aliphatic rings. The molecule has 0 amide bonds. The number of nitro benzene ring substituents is 1. The maximum Gasteiger partial charge on any atom is 0.275 e. The fourth-order valence-corrected chi connectivity index (χ4v) is 1.73. The summed E-state index contributed by atoms with van der Waals surface area (Å²) in [4.78, 5) is 10.4. The van der Waals surface area contributed by atoms with Crippen LogP contribution in [0.1, 0.15) is 22.3 Å². The van der Waals surface area contributed by atoms with Crippen LogP contribution in [0, 0.1) is 30.9 Å². The van der Waals surface area contributed by atoms with E-state index in [2.05, 4.69) is 5.16 Å². The van der Waals surface area contributed by atoms with Crippen molar-refractivity contribution in [2.75, 3.05) is 0 Å². The zero-order valence-electron chi connectivity index (χ0n) is 8.81. The van der Waals surface area contributed by atoms with Crippen LogP contribution in [0.15, 0.2) is 11.2 Å². The van der Waals surface area contributed by atoms with Crippen LogP contribution >= 0.6 is 0 Å². The number of nitro groups is 1. The topological polar surface area (TPSA) is 75.7 Å². The monoisotopic (exact) mass is 208 g/mol. The Morgan fingerprint density at radius 3 is 2.47 bits per heavy atom. The molecule has 5 nitrogen and oxygen atoms in total. The summed E-state index contributed by atoms with van der Waals surface area (Å²) in [6, 6.07) is 1.71. The molecule has 15 heavy (non-hydrogen) atoms. The van der Waals surface area contributed by atoms with Crippen LogP contribution in [-0.2, 0) is 0 Å². The average Bonchev–Trinajstić information content (AvgIpc) is 2.11. The summed E-state index contributed by atoms with van der Waals surface area (Å²) in [6.07, 6.45) is 1.22. The first-order chi connectivity index (χ1) is 6.99. The second kappa shape index (κ2) is 4.08. The van der Waals surface area contributed by atoms with Gasteiger partial charge in [0.25, 0.3) is 5.69 Å². The molecule has 0 aliphatic carbocycles. The first kappa shape index (κ1) is 11.2. The number of nitrogens with zero attached hydrogens (tertiary/aromatic N) is 2. The highest BCUT2D eigenvalue weighted by atomic mass is 16.6. The zero-order valence-corrected chi connectivity index (χ0v) is 8.81. The predicted octanol–water partition coefficient (Wildman–Crippen LogP) is 2.33. The largest absolute Gasteiger partial charge is 0.411 e. The van der Waals surface area contributed by atoms with E-state index in [-0.39, 0.29) is 5.69 Å².